The van der Waals surface area contributed by atoms with Crippen molar-refractivity contribution >= 4 is 29.0 Å². The summed E-state index contributed by atoms with van der Waals surface area (Å²) >= 11 is 12.0. The second-order valence-electron chi connectivity index (χ2n) is 4.72. The second kappa shape index (κ2) is 4.99. The van der Waals surface area contributed by atoms with Crippen LogP contribution in [0.3, 0.4) is 0 Å². The van der Waals surface area contributed by atoms with Crippen molar-refractivity contribution in [2.75, 3.05) is 5.73 Å². The Morgan fingerprint density at radius 3 is 2.37 bits per heavy atom. The molecule has 0 unspecified atom stereocenters. The zero-order valence-electron chi connectivity index (χ0n) is 10.3. The van der Waals surface area contributed by atoms with Crippen molar-refractivity contribution in [2.45, 2.75) is 25.7 Å². The highest BCUT2D eigenvalue weighted by atomic mass is 35.5. The normalized spacial score (nSPS) is 14.2. The summed E-state index contributed by atoms with van der Waals surface area (Å²) in [5.41, 5.74) is 9.00. The molecule has 5 heteroatoms. The van der Waals surface area contributed by atoms with E-state index in [0.717, 1.165) is 42.5 Å². The summed E-state index contributed by atoms with van der Waals surface area (Å²) in [4.78, 5) is 9.01. The molecule has 2 N–H and O–H groups in total. The quantitative estimate of drug-likeness (QED) is 0.867. The van der Waals surface area contributed by atoms with Crippen LogP contribution >= 0.6 is 23.2 Å². The number of nitrogen functional groups attached to an aromatic ring is 1. The summed E-state index contributed by atoms with van der Waals surface area (Å²) < 4.78 is 0. The molecule has 0 atom stereocenters. The molecule has 1 aromatic carbocycles. The number of hydrogen-bond donors (Lipinski definition) is 1. The first kappa shape index (κ1) is 12.7. The van der Waals surface area contributed by atoms with Gasteiger partial charge in [-0.3, -0.25) is 0 Å². The molecule has 3 nitrogen and oxygen atoms in total. The van der Waals surface area contributed by atoms with Gasteiger partial charge in [-0.1, -0.05) is 23.2 Å². The predicted molar refractivity (Wildman–Crippen MR) is 78.5 cm³/mol. The SMILES string of the molecule is Nc1nc(-c2cc(Cl)cc(Cl)c2)nc2c1CCCC2. The summed E-state index contributed by atoms with van der Waals surface area (Å²) in [7, 11) is 0. The van der Waals surface area contributed by atoms with E-state index >= 15 is 0 Å². The Hall–Kier alpha value is -1.32. The van der Waals surface area contributed by atoms with E-state index in [1.807, 2.05) is 0 Å². The summed E-state index contributed by atoms with van der Waals surface area (Å²) in [5, 5.41) is 1.14. The van der Waals surface area contributed by atoms with Crippen molar-refractivity contribution < 1.29 is 0 Å². The highest BCUT2D eigenvalue weighted by Crippen LogP contribution is 2.29. The van der Waals surface area contributed by atoms with Gasteiger partial charge in [0.1, 0.15) is 5.82 Å². The Morgan fingerprint density at radius 2 is 1.63 bits per heavy atom. The van der Waals surface area contributed by atoms with E-state index in [-0.39, 0.29) is 0 Å². The standard InChI is InChI=1S/C14H13Cl2N3/c15-9-5-8(6-10(16)7-9)14-18-12-4-2-1-3-11(12)13(17)19-14/h5-7H,1-4H2,(H2,17,18,19). The third-order valence-electron chi connectivity index (χ3n) is 3.34. The highest BCUT2D eigenvalue weighted by Gasteiger charge is 2.17. The third-order valence-corrected chi connectivity index (χ3v) is 3.77. The van der Waals surface area contributed by atoms with Gasteiger partial charge in [0.05, 0.1) is 0 Å². The lowest BCUT2D eigenvalue weighted by Gasteiger charge is -2.17. The van der Waals surface area contributed by atoms with Crippen LogP contribution in [0.15, 0.2) is 18.2 Å². The number of fused-ring (bicyclic) bond motifs is 1. The zero-order chi connectivity index (χ0) is 13.4. The van der Waals surface area contributed by atoms with Crippen LogP contribution in [0.25, 0.3) is 11.4 Å². The number of nitrogens with two attached hydrogens (primary N) is 1. The smallest absolute Gasteiger partial charge is 0.161 e. The molecule has 0 radical (unpaired) electrons. The van der Waals surface area contributed by atoms with Crippen molar-refractivity contribution in [3.63, 3.8) is 0 Å². The van der Waals surface area contributed by atoms with Crippen molar-refractivity contribution in [1.29, 1.82) is 0 Å². The number of halogens is 2. The fraction of sp³-hybridized carbons (Fsp3) is 0.286. The molecular formula is C14H13Cl2N3. The van der Waals surface area contributed by atoms with Crippen molar-refractivity contribution in [1.82, 2.24) is 9.97 Å². The number of benzene rings is 1. The van der Waals surface area contributed by atoms with Gasteiger partial charge in [0.25, 0.3) is 0 Å². The maximum atomic E-state index is 6.04. The van der Waals surface area contributed by atoms with Gasteiger partial charge in [-0.25, -0.2) is 9.97 Å². The minimum absolute atomic E-state index is 0.572. The Balaban J connectivity index is 2.12. The molecule has 0 fully saturated rings. The van der Waals surface area contributed by atoms with Gasteiger partial charge in [0, 0.05) is 26.9 Å². The van der Waals surface area contributed by atoms with Crippen molar-refractivity contribution in [3.05, 3.63) is 39.5 Å². The Kier molecular flexibility index (Phi) is 3.33. The first-order valence-corrected chi connectivity index (χ1v) is 7.01. The molecule has 1 aliphatic rings. The van der Waals surface area contributed by atoms with Crippen LogP contribution in [0, 0.1) is 0 Å². The molecule has 1 aromatic heterocycles. The van der Waals surface area contributed by atoms with Crippen LogP contribution in [0.2, 0.25) is 10.0 Å². The molecular weight excluding hydrogens is 281 g/mol. The average molecular weight is 294 g/mol. The van der Waals surface area contributed by atoms with Crippen molar-refractivity contribution in [3.8, 4) is 11.4 Å². The maximum absolute atomic E-state index is 6.04. The second-order valence-corrected chi connectivity index (χ2v) is 5.60. The molecule has 98 valence electrons. The average Bonchev–Trinajstić information content (AvgIpc) is 2.37. The topological polar surface area (TPSA) is 51.8 Å². The van der Waals surface area contributed by atoms with E-state index in [2.05, 4.69) is 9.97 Å². The first-order chi connectivity index (χ1) is 9.13. The van der Waals surface area contributed by atoms with Crippen LogP contribution in [0.1, 0.15) is 24.1 Å². The Labute approximate surface area is 121 Å². The molecule has 0 amide bonds. The van der Waals surface area contributed by atoms with Gasteiger partial charge in [-0.05, 0) is 43.9 Å². The molecule has 0 bridgehead atoms. The number of nitrogens with zero attached hydrogens (tertiary/aromatic N) is 2. The van der Waals surface area contributed by atoms with Crippen LogP contribution in [0.5, 0.6) is 0 Å². The van der Waals surface area contributed by atoms with Gasteiger partial charge in [-0.15, -0.1) is 0 Å². The lowest BCUT2D eigenvalue weighted by Crippen LogP contribution is -2.11. The van der Waals surface area contributed by atoms with E-state index in [9.17, 15) is 0 Å². The predicted octanol–water partition coefficient (Wildman–Crippen LogP) is 3.91. The monoisotopic (exact) mass is 293 g/mol. The molecule has 0 spiro atoms. The zero-order valence-corrected chi connectivity index (χ0v) is 11.8. The molecule has 1 heterocycles. The highest BCUT2D eigenvalue weighted by molar-refractivity contribution is 6.35. The maximum Gasteiger partial charge on any atom is 0.161 e. The van der Waals surface area contributed by atoms with E-state index in [1.165, 1.54) is 0 Å². The third kappa shape index (κ3) is 2.53. The van der Waals surface area contributed by atoms with Crippen LogP contribution in [0.4, 0.5) is 5.82 Å². The lowest BCUT2D eigenvalue weighted by molar-refractivity contribution is 0.666. The Bertz CT molecular complexity index is 621. The molecule has 3 rings (SSSR count). The lowest BCUT2D eigenvalue weighted by atomic mass is 9.96. The molecule has 0 aliphatic heterocycles. The minimum atomic E-state index is 0.572. The summed E-state index contributed by atoms with van der Waals surface area (Å²) in [5.74, 6) is 1.18. The largest absolute Gasteiger partial charge is 0.383 e. The van der Waals surface area contributed by atoms with Gasteiger partial charge in [-0.2, -0.15) is 0 Å². The van der Waals surface area contributed by atoms with Crippen LogP contribution in [-0.4, -0.2) is 9.97 Å². The molecule has 0 saturated carbocycles. The molecule has 0 saturated heterocycles. The van der Waals surface area contributed by atoms with Gasteiger partial charge >= 0.3 is 0 Å². The van der Waals surface area contributed by atoms with Crippen LogP contribution in [-0.2, 0) is 12.8 Å². The fourth-order valence-corrected chi connectivity index (χ4v) is 2.96. The number of hydrogen-bond acceptors (Lipinski definition) is 3. The number of rotatable bonds is 1. The number of anilines is 1. The molecule has 2 aromatic rings. The van der Waals surface area contributed by atoms with Gasteiger partial charge in [0.15, 0.2) is 5.82 Å². The van der Waals surface area contributed by atoms with E-state index in [1.54, 1.807) is 18.2 Å². The van der Waals surface area contributed by atoms with Crippen molar-refractivity contribution in [2.24, 2.45) is 0 Å². The van der Waals surface area contributed by atoms with Gasteiger partial charge in [0.2, 0.25) is 0 Å². The fourth-order valence-electron chi connectivity index (χ4n) is 2.44. The minimum Gasteiger partial charge on any atom is -0.383 e. The number of aryl methyl sites for hydroxylation is 1. The van der Waals surface area contributed by atoms with Crippen LogP contribution < -0.4 is 5.73 Å². The summed E-state index contributed by atoms with van der Waals surface area (Å²) in [6, 6.07) is 5.29. The summed E-state index contributed by atoms with van der Waals surface area (Å²) in [6.45, 7) is 0. The Morgan fingerprint density at radius 1 is 0.947 bits per heavy atom. The van der Waals surface area contributed by atoms with E-state index in [0.29, 0.717) is 21.7 Å². The summed E-state index contributed by atoms with van der Waals surface area (Å²) in [6.07, 6.45) is 4.24. The first-order valence-electron chi connectivity index (χ1n) is 6.25. The molecule has 19 heavy (non-hydrogen) atoms. The van der Waals surface area contributed by atoms with E-state index < -0.39 is 0 Å². The van der Waals surface area contributed by atoms with E-state index in [4.69, 9.17) is 28.9 Å². The number of aromatic nitrogens is 2. The van der Waals surface area contributed by atoms with Gasteiger partial charge < -0.3 is 5.73 Å². The molecule has 1 aliphatic carbocycles.